The van der Waals surface area contributed by atoms with Crippen LogP contribution in [-0.4, -0.2) is 36.4 Å². The molecule has 0 spiro atoms. The van der Waals surface area contributed by atoms with Crippen LogP contribution in [0, 0.1) is 5.82 Å². The molecule has 2 aromatic rings. The second-order valence-corrected chi connectivity index (χ2v) is 6.80. The first kappa shape index (κ1) is 18.2. The lowest BCUT2D eigenvalue weighted by Crippen LogP contribution is -2.34. The number of carbonyl (C=O) groups is 2. The Bertz CT molecular complexity index is 929. The van der Waals surface area contributed by atoms with Gasteiger partial charge in [-0.1, -0.05) is 12.1 Å². The van der Waals surface area contributed by atoms with Crippen LogP contribution in [0.4, 0.5) is 10.1 Å². The summed E-state index contributed by atoms with van der Waals surface area (Å²) in [6.07, 6.45) is 1.95. The Hall–Kier alpha value is -3.15. The third-order valence-corrected chi connectivity index (χ3v) is 5.02. The molecule has 4 rings (SSSR count). The van der Waals surface area contributed by atoms with Gasteiger partial charge in [-0.2, -0.15) is 0 Å². The molecule has 0 bridgehead atoms. The van der Waals surface area contributed by atoms with Crippen LogP contribution in [0.5, 0.6) is 5.75 Å². The second kappa shape index (κ2) is 7.46. The summed E-state index contributed by atoms with van der Waals surface area (Å²) in [5.41, 5.74) is 1.78. The Morgan fingerprint density at radius 3 is 2.18 bits per heavy atom. The summed E-state index contributed by atoms with van der Waals surface area (Å²) in [5.74, 6) is -0.429. The van der Waals surface area contributed by atoms with Gasteiger partial charge in [-0.3, -0.25) is 9.59 Å². The van der Waals surface area contributed by atoms with Gasteiger partial charge in [-0.25, -0.2) is 9.29 Å². The smallest absolute Gasteiger partial charge is 0.282 e. The Morgan fingerprint density at radius 2 is 1.57 bits per heavy atom. The van der Waals surface area contributed by atoms with E-state index in [0.717, 1.165) is 25.9 Å². The van der Waals surface area contributed by atoms with Crippen molar-refractivity contribution in [2.75, 3.05) is 24.6 Å². The molecule has 0 radical (unpaired) electrons. The fourth-order valence-electron chi connectivity index (χ4n) is 3.72. The molecule has 0 unspecified atom stereocenters. The van der Waals surface area contributed by atoms with Gasteiger partial charge in [0.25, 0.3) is 11.8 Å². The lowest BCUT2D eigenvalue weighted by molar-refractivity contribution is -0.120. The van der Waals surface area contributed by atoms with Gasteiger partial charge in [0, 0.05) is 13.1 Å². The van der Waals surface area contributed by atoms with E-state index in [1.165, 1.54) is 17.0 Å². The van der Waals surface area contributed by atoms with E-state index in [1.807, 2.05) is 11.8 Å². The van der Waals surface area contributed by atoms with Crippen molar-refractivity contribution in [3.8, 4) is 5.75 Å². The van der Waals surface area contributed by atoms with Crippen molar-refractivity contribution < 1.29 is 18.7 Å². The SMILES string of the molecule is CCOc1ccc(N2C(=O)C(c3ccc(F)cc3)=C(N3CCCC3)C2=O)cc1. The zero-order valence-corrected chi connectivity index (χ0v) is 15.7. The Labute approximate surface area is 163 Å². The van der Waals surface area contributed by atoms with E-state index in [0.29, 0.717) is 34.9 Å². The lowest BCUT2D eigenvalue weighted by atomic mass is 10.0. The largest absolute Gasteiger partial charge is 0.494 e. The number of carbonyl (C=O) groups excluding carboxylic acids is 2. The van der Waals surface area contributed by atoms with Gasteiger partial charge < -0.3 is 9.64 Å². The van der Waals surface area contributed by atoms with Crippen LogP contribution in [-0.2, 0) is 9.59 Å². The summed E-state index contributed by atoms with van der Waals surface area (Å²) >= 11 is 0. The van der Waals surface area contributed by atoms with Crippen molar-refractivity contribution in [2.24, 2.45) is 0 Å². The van der Waals surface area contributed by atoms with Gasteiger partial charge in [0.05, 0.1) is 17.9 Å². The molecule has 0 aliphatic carbocycles. The van der Waals surface area contributed by atoms with Crippen molar-refractivity contribution in [3.63, 3.8) is 0 Å². The van der Waals surface area contributed by atoms with Crippen LogP contribution in [0.15, 0.2) is 54.2 Å². The molecule has 144 valence electrons. The van der Waals surface area contributed by atoms with Crippen molar-refractivity contribution in [2.45, 2.75) is 19.8 Å². The van der Waals surface area contributed by atoms with Crippen LogP contribution in [0.1, 0.15) is 25.3 Å². The number of nitrogens with zero attached hydrogens (tertiary/aromatic N) is 2. The van der Waals surface area contributed by atoms with Crippen LogP contribution < -0.4 is 9.64 Å². The van der Waals surface area contributed by atoms with Crippen molar-refractivity contribution >= 4 is 23.1 Å². The lowest BCUT2D eigenvalue weighted by Gasteiger charge is -2.20. The van der Waals surface area contributed by atoms with E-state index >= 15 is 0 Å². The predicted octanol–water partition coefficient (Wildman–Crippen LogP) is 3.60. The van der Waals surface area contributed by atoms with Crippen LogP contribution in [0.2, 0.25) is 0 Å². The molecule has 0 aromatic heterocycles. The van der Waals surface area contributed by atoms with Gasteiger partial charge in [0.1, 0.15) is 17.3 Å². The Balaban J connectivity index is 1.75. The van der Waals surface area contributed by atoms with E-state index in [2.05, 4.69) is 0 Å². The zero-order valence-electron chi connectivity index (χ0n) is 15.7. The van der Waals surface area contributed by atoms with Gasteiger partial charge in [-0.05, 0) is 61.7 Å². The van der Waals surface area contributed by atoms with Crippen LogP contribution in [0.25, 0.3) is 5.57 Å². The Kier molecular flexibility index (Phi) is 4.86. The minimum atomic E-state index is -0.386. The molecule has 28 heavy (non-hydrogen) atoms. The number of halogens is 1. The Morgan fingerprint density at radius 1 is 0.929 bits per heavy atom. The molecule has 2 aromatic carbocycles. The fourth-order valence-corrected chi connectivity index (χ4v) is 3.72. The van der Waals surface area contributed by atoms with Gasteiger partial charge in [-0.15, -0.1) is 0 Å². The molecule has 0 atom stereocenters. The molecular weight excluding hydrogens is 359 g/mol. The molecule has 2 heterocycles. The minimum absolute atomic E-state index is 0.334. The maximum absolute atomic E-state index is 13.4. The highest BCUT2D eigenvalue weighted by Gasteiger charge is 2.42. The molecule has 5 nitrogen and oxygen atoms in total. The number of ether oxygens (including phenoxy) is 1. The van der Waals surface area contributed by atoms with Gasteiger partial charge in [0.15, 0.2) is 0 Å². The maximum Gasteiger partial charge on any atom is 0.282 e. The number of anilines is 1. The standard InChI is InChI=1S/C22H21FN2O3/c1-2-28-18-11-9-17(10-12-18)25-21(26)19(15-5-7-16(23)8-6-15)20(22(25)27)24-13-3-4-14-24/h5-12H,2-4,13-14H2,1H3. The number of imide groups is 1. The molecule has 2 aliphatic rings. The molecular formula is C22H21FN2O3. The summed E-state index contributed by atoms with van der Waals surface area (Å²) in [5, 5.41) is 0. The van der Waals surface area contributed by atoms with Gasteiger partial charge in [0.2, 0.25) is 0 Å². The first-order valence-electron chi connectivity index (χ1n) is 9.47. The van der Waals surface area contributed by atoms with Crippen molar-refractivity contribution in [1.29, 1.82) is 0 Å². The number of benzene rings is 2. The van der Waals surface area contributed by atoms with Crippen LogP contribution in [0.3, 0.4) is 0 Å². The average Bonchev–Trinajstić information content (AvgIpc) is 3.30. The van der Waals surface area contributed by atoms with Gasteiger partial charge >= 0.3 is 0 Å². The van der Waals surface area contributed by atoms with E-state index in [9.17, 15) is 14.0 Å². The van der Waals surface area contributed by atoms with E-state index < -0.39 is 0 Å². The summed E-state index contributed by atoms with van der Waals surface area (Å²) < 4.78 is 18.8. The molecule has 0 N–H and O–H groups in total. The molecule has 1 saturated heterocycles. The number of rotatable bonds is 5. The number of amides is 2. The quantitative estimate of drug-likeness (QED) is 0.744. The van der Waals surface area contributed by atoms with E-state index in [4.69, 9.17) is 4.74 Å². The number of likely N-dealkylation sites (tertiary alicyclic amines) is 1. The zero-order chi connectivity index (χ0) is 19.7. The summed E-state index contributed by atoms with van der Waals surface area (Å²) in [6.45, 7) is 3.89. The second-order valence-electron chi connectivity index (χ2n) is 6.80. The fraction of sp³-hybridized carbons (Fsp3) is 0.273. The normalized spacial score (nSPS) is 17.1. The third kappa shape index (κ3) is 3.15. The molecule has 6 heteroatoms. The molecule has 1 fully saturated rings. The number of hydrogen-bond donors (Lipinski definition) is 0. The average molecular weight is 380 g/mol. The maximum atomic E-state index is 13.4. The van der Waals surface area contributed by atoms with Crippen molar-refractivity contribution in [3.05, 3.63) is 65.6 Å². The van der Waals surface area contributed by atoms with E-state index in [1.54, 1.807) is 36.4 Å². The highest BCUT2D eigenvalue weighted by atomic mass is 19.1. The first-order valence-corrected chi connectivity index (χ1v) is 9.47. The molecule has 2 amide bonds. The molecule has 2 aliphatic heterocycles. The highest BCUT2D eigenvalue weighted by Crippen LogP contribution is 2.36. The first-order chi connectivity index (χ1) is 13.6. The molecule has 0 saturated carbocycles. The summed E-state index contributed by atoms with van der Waals surface area (Å²) in [7, 11) is 0. The summed E-state index contributed by atoms with van der Waals surface area (Å²) in [4.78, 5) is 29.7. The third-order valence-electron chi connectivity index (χ3n) is 5.02. The predicted molar refractivity (Wildman–Crippen MR) is 104 cm³/mol. The van der Waals surface area contributed by atoms with Crippen LogP contribution >= 0.6 is 0 Å². The van der Waals surface area contributed by atoms with E-state index in [-0.39, 0.29) is 17.6 Å². The monoisotopic (exact) mass is 380 g/mol. The minimum Gasteiger partial charge on any atom is -0.494 e. The van der Waals surface area contributed by atoms with Crippen molar-refractivity contribution in [1.82, 2.24) is 4.90 Å². The topological polar surface area (TPSA) is 49.9 Å². The highest BCUT2D eigenvalue weighted by molar-refractivity contribution is 6.45. The number of hydrogen-bond acceptors (Lipinski definition) is 4. The summed E-state index contributed by atoms with van der Waals surface area (Å²) in [6, 6.07) is 12.6.